The van der Waals surface area contributed by atoms with Crippen LogP contribution >= 0.6 is 0 Å². The van der Waals surface area contributed by atoms with Gasteiger partial charge in [-0.1, -0.05) is 6.92 Å². The number of esters is 1. The molecule has 0 bridgehead atoms. The highest BCUT2D eigenvalue weighted by atomic mass is 19.4. The van der Waals surface area contributed by atoms with Gasteiger partial charge >= 0.3 is 18.1 Å². The third-order valence-corrected chi connectivity index (χ3v) is 7.51. The number of carboxylic acids is 1. The van der Waals surface area contributed by atoms with E-state index >= 15 is 0 Å². The lowest BCUT2D eigenvalue weighted by atomic mass is 9.84. The zero-order chi connectivity index (χ0) is 27.7. The Morgan fingerprint density at radius 3 is 2.45 bits per heavy atom. The molecular formula is C26H22F4N2O6. The van der Waals surface area contributed by atoms with Crippen LogP contribution in [0.15, 0.2) is 16.9 Å². The maximum absolute atomic E-state index is 14.6. The Bertz CT molecular complexity index is 1610. The highest BCUT2D eigenvalue weighted by Crippen LogP contribution is 2.43. The highest BCUT2D eigenvalue weighted by Gasteiger charge is 2.45. The number of carboxylic acid groups (broad SMARTS) is 1. The van der Waals surface area contributed by atoms with Crippen molar-refractivity contribution in [3.63, 3.8) is 0 Å². The molecule has 2 aliphatic heterocycles. The van der Waals surface area contributed by atoms with Crippen LogP contribution in [0.25, 0.3) is 22.3 Å². The molecule has 0 saturated heterocycles. The van der Waals surface area contributed by atoms with E-state index in [1.54, 1.807) is 17.6 Å². The molecule has 2 N–H and O–H groups in total. The number of ether oxygens (including phenoxy) is 1. The number of alkyl halides is 3. The SMILES string of the molecule is CCC1(O)C(=O)OCc2c1cc1n(c2=O)Cc2c-1nc1cc(F)c(C)c3c1c2CCC3.O=C(O)C(F)(F)F. The number of pyridine rings is 2. The molecule has 2 aromatic heterocycles. The van der Waals surface area contributed by atoms with Crippen molar-refractivity contribution in [2.45, 2.75) is 64.5 Å². The van der Waals surface area contributed by atoms with Crippen molar-refractivity contribution < 1.29 is 42.1 Å². The first-order valence-corrected chi connectivity index (χ1v) is 11.9. The second kappa shape index (κ2) is 8.62. The average molecular weight is 534 g/mol. The molecule has 0 fully saturated rings. The van der Waals surface area contributed by atoms with Crippen molar-refractivity contribution in [2.75, 3.05) is 0 Å². The number of rotatable bonds is 1. The van der Waals surface area contributed by atoms with E-state index in [1.165, 1.54) is 6.07 Å². The van der Waals surface area contributed by atoms with Crippen LogP contribution < -0.4 is 5.56 Å². The van der Waals surface area contributed by atoms with Gasteiger partial charge in [0.15, 0.2) is 5.60 Å². The van der Waals surface area contributed by atoms with Gasteiger partial charge in [0.25, 0.3) is 5.56 Å². The third kappa shape index (κ3) is 3.69. The number of aliphatic carboxylic acids is 1. The third-order valence-electron chi connectivity index (χ3n) is 7.51. The molecule has 38 heavy (non-hydrogen) atoms. The minimum atomic E-state index is -5.08. The number of carbonyl (C=O) groups is 2. The van der Waals surface area contributed by atoms with Gasteiger partial charge < -0.3 is 19.5 Å². The fourth-order valence-corrected chi connectivity index (χ4v) is 5.52. The summed E-state index contributed by atoms with van der Waals surface area (Å²) in [7, 11) is 0. The molecule has 0 saturated carbocycles. The van der Waals surface area contributed by atoms with E-state index in [1.807, 2.05) is 6.92 Å². The second-order valence-corrected chi connectivity index (χ2v) is 9.53. The predicted octanol–water partition coefficient (Wildman–Crippen LogP) is 3.65. The summed E-state index contributed by atoms with van der Waals surface area (Å²) in [5, 5.41) is 19.1. The van der Waals surface area contributed by atoms with Gasteiger partial charge in [-0.05, 0) is 55.4 Å². The lowest BCUT2D eigenvalue weighted by Gasteiger charge is -2.31. The Morgan fingerprint density at radius 1 is 1.16 bits per heavy atom. The van der Waals surface area contributed by atoms with E-state index in [0.29, 0.717) is 40.1 Å². The average Bonchev–Trinajstić information content (AvgIpc) is 3.24. The molecule has 1 unspecified atom stereocenters. The number of benzene rings is 1. The fourth-order valence-electron chi connectivity index (χ4n) is 5.52. The van der Waals surface area contributed by atoms with Crippen molar-refractivity contribution in [3.8, 4) is 11.4 Å². The van der Waals surface area contributed by atoms with Gasteiger partial charge in [0.1, 0.15) is 12.4 Å². The van der Waals surface area contributed by atoms with E-state index in [-0.39, 0.29) is 24.4 Å². The topological polar surface area (TPSA) is 119 Å². The first-order chi connectivity index (χ1) is 17.8. The zero-order valence-corrected chi connectivity index (χ0v) is 20.3. The largest absolute Gasteiger partial charge is 0.490 e. The number of hydrogen-bond acceptors (Lipinski definition) is 6. The van der Waals surface area contributed by atoms with E-state index in [9.17, 15) is 32.3 Å². The summed E-state index contributed by atoms with van der Waals surface area (Å²) in [6.07, 6.45) is -2.40. The number of cyclic esters (lactones) is 1. The molecule has 8 nitrogen and oxygen atoms in total. The summed E-state index contributed by atoms with van der Waals surface area (Å²) in [4.78, 5) is 39.3. The van der Waals surface area contributed by atoms with Crippen LogP contribution in [0.1, 0.15) is 53.1 Å². The number of aromatic nitrogens is 2. The molecule has 3 aromatic rings. The summed E-state index contributed by atoms with van der Waals surface area (Å²) < 4.78 is 53.1. The second-order valence-electron chi connectivity index (χ2n) is 9.53. The zero-order valence-electron chi connectivity index (χ0n) is 20.3. The number of nitrogens with zero attached hydrogens (tertiary/aromatic N) is 2. The van der Waals surface area contributed by atoms with E-state index < -0.39 is 23.7 Å². The molecule has 3 aliphatic rings. The highest BCUT2D eigenvalue weighted by molar-refractivity contribution is 5.92. The Morgan fingerprint density at radius 2 is 1.82 bits per heavy atom. The minimum absolute atomic E-state index is 0.0961. The van der Waals surface area contributed by atoms with Crippen molar-refractivity contribution in [2.24, 2.45) is 0 Å². The van der Waals surface area contributed by atoms with Gasteiger partial charge in [-0.15, -0.1) is 0 Å². The smallest absolute Gasteiger partial charge is 0.475 e. The fraction of sp³-hybridized carbons (Fsp3) is 0.385. The van der Waals surface area contributed by atoms with Gasteiger partial charge in [-0.3, -0.25) is 4.79 Å². The standard InChI is InChI=1S/C24H21FN2O4.C2HF3O2/c1-3-24(30)16-7-19-21-14(9-27(19)22(28)15(16)10-31-23(24)29)13-6-4-5-12-11(2)17(25)8-18(26-21)20(12)13;3-2(4,5)1(6)7/h7-8,30H,3-6,9-10H2,1-2H3;(H,6,7). The van der Waals surface area contributed by atoms with Gasteiger partial charge in [-0.25, -0.2) is 19.0 Å². The molecule has 200 valence electrons. The number of fused-ring (bicyclic) bond motifs is 5. The molecule has 1 aliphatic carbocycles. The number of hydrogen-bond donors (Lipinski definition) is 2. The van der Waals surface area contributed by atoms with Crippen molar-refractivity contribution in [3.05, 3.63) is 61.7 Å². The Labute approximate surface area is 212 Å². The maximum atomic E-state index is 14.6. The van der Waals surface area contributed by atoms with E-state index in [2.05, 4.69) is 0 Å². The van der Waals surface area contributed by atoms with Crippen LogP contribution in [0.3, 0.4) is 0 Å². The first-order valence-electron chi connectivity index (χ1n) is 11.9. The molecule has 1 atom stereocenters. The Kier molecular flexibility index (Phi) is 5.86. The van der Waals surface area contributed by atoms with Gasteiger partial charge in [0.05, 0.1) is 29.0 Å². The number of aliphatic hydroxyl groups is 1. The minimum Gasteiger partial charge on any atom is -0.475 e. The molecule has 0 radical (unpaired) electrons. The Hall–Kier alpha value is -3.80. The lowest BCUT2D eigenvalue weighted by Crippen LogP contribution is -2.44. The predicted molar refractivity (Wildman–Crippen MR) is 125 cm³/mol. The molecule has 6 rings (SSSR count). The normalized spacial score (nSPS) is 19.2. The monoisotopic (exact) mass is 534 g/mol. The summed E-state index contributed by atoms with van der Waals surface area (Å²) in [5.41, 5.74) is 4.04. The number of carbonyl (C=O) groups excluding carboxylic acids is 1. The van der Waals surface area contributed by atoms with Crippen LogP contribution in [-0.4, -0.2) is 37.9 Å². The summed E-state index contributed by atoms with van der Waals surface area (Å²) in [6, 6.07) is 3.18. The first kappa shape index (κ1) is 25.8. The van der Waals surface area contributed by atoms with Gasteiger partial charge in [0, 0.05) is 22.6 Å². The molecule has 12 heteroatoms. The van der Waals surface area contributed by atoms with Crippen molar-refractivity contribution >= 4 is 22.8 Å². The van der Waals surface area contributed by atoms with Crippen LogP contribution in [0.2, 0.25) is 0 Å². The summed E-state index contributed by atoms with van der Waals surface area (Å²) >= 11 is 0. The summed E-state index contributed by atoms with van der Waals surface area (Å²) in [5.74, 6) is -3.77. The molecule has 0 spiro atoms. The molecular weight excluding hydrogens is 512 g/mol. The van der Waals surface area contributed by atoms with Crippen LogP contribution in [0.5, 0.6) is 0 Å². The lowest BCUT2D eigenvalue weighted by molar-refractivity contribution is -0.192. The Balaban J connectivity index is 0.000000374. The number of halogens is 4. The van der Waals surface area contributed by atoms with Crippen molar-refractivity contribution in [1.82, 2.24) is 9.55 Å². The molecule has 1 aromatic carbocycles. The van der Waals surface area contributed by atoms with Crippen LogP contribution in [-0.2, 0) is 45.9 Å². The quantitative estimate of drug-likeness (QED) is 0.283. The van der Waals surface area contributed by atoms with Crippen LogP contribution in [0, 0.1) is 12.7 Å². The van der Waals surface area contributed by atoms with E-state index in [4.69, 9.17) is 19.6 Å². The summed E-state index contributed by atoms with van der Waals surface area (Å²) in [6.45, 7) is 3.71. The van der Waals surface area contributed by atoms with Gasteiger partial charge in [0.2, 0.25) is 0 Å². The van der Waals surface area contributed by atoms with Gasteiger partial charge in [-0.2, -0.15) is 13.2 Å². The van der Waals surface area contributed by atoms with E-state index in [0.717, 1.165) is 41.3 Å². The van der Waals surface area contributed by atoms with Crippen molar-refractivity contribution in [1.29, 1.82) is 0 Å². The molecule has 4 heterocycles. The maximum Gasteiger partial charge on any atom is 0.490 e. The molecule has 0 amide bonds. The van der Waals surface area contributed by atoms with Crippen LogP contribution in [0.4, 0.5) is 17.6 Å². The number of aryl methyl sites for hydroxylation is 2.